The fourth-order valence-electron chi connectivity index (χ4n) is 5.07. The van der Waals surface area contributed by atoms with E-state index in [-0.39, 0.29) is 54.9 Å². The lowest BCUT2D eigenvalue weighted by atomic mass is 9.83. The van der Waals surface area contributed by atoms with Crippen LogP contribution in [0, 0.1) is 17.7 Å². The molecule has 3 aliphatic heterocycles. The quantitative estimate of drug-likeness (QED) is 0.771. The molecule has 9 heteroatoms. The molecule has 2 bridgehead atoms. The minimum Gasteiger partial charge on any atom is -0.396 e. The first-order chi connectivity index (χ1) is 12.7. The third kappa shape index (κ3) is 3.44. The summed E-state index contributed by atoms with van der Waals surface area (Å²) in [4.78, 5) is 2.32. The van der Waals surface area contributed by atoms with Crippen LogP contribution >= 0.6 is 24.8 Å². The maximum absolute atomic E-state index is 13.9. The smallest absolute Gasteiger partial charge is 0.123 e. The molecule has 6 nitrogen and oxygen atoms in total. The van der Waals surface area contributed by atoms with Gasteiger partial charge in [0, 0.05) is 63.6 Å². The molecule has 0 amide bonds. The summed E-state index contributed by atoms with van der Waals surface area (Å²) < 4.78 is 22.0. The van der Waals surface area contributed by atoms with E-state index >= 15 is 0 Å². The lowest BCUT2D eigenvalue weighted by Gasteiger charge is -2.34. The van der Waals surface area contributed by atoms with Gasteiger partial charge in [-0.25, -0.2) is 9.07 Å². The van der Waals surface area contributed by atoms with Gasteiger partial charge in [-0.05, 0) is 29.8 Å². The molecule has 0 radical (unpaired) electrons. The van der Waals surface area contributed by atoms with Gasteiger partial charge < -0.3 is 15.2 Å². The molecule has 154 valence electrons. The predicted octanol–water partition coefficient (Wildman–Crippen LogP) is 1.64. The summed E-state index contributed by atoms with van der Waals surface area (Å²) in [6, 6.07) is 6.70. The molecule has 2 aromatic rings. The number of halogens is 3. The van der Waals surface area contributed by atoms with Gasteiger partial charge in [0.2, 0.25) is 0 Å². The van der Waals surface area contributed by atoms with Crippen molar-refractivity contribution in [2.45, 2.75) is 18.2 Å². The zero-order chi connectivity index (χ0) is 17.7. The normalized spacial score (nSPS) is 31.1. The average Bonchev–Trinajstić information content (AvgIpc) is 3.29. The maximum atomic E-state index is 13.9. The van der Waals surface area contributed by atoms with Crippen molar-refractivity contribution in [3.8, 4) is 5.69 Å². The first-order valence-corrected chi connectivity index (χ1v) is 9.19. The fourth-order valence-corrected chi connectivity index (χ4v) is 5.07. The van der Waals surface area contributed by atoms with E-state index in [1.165, 1.54) is 6.07 Å². The van der Waals surface area contributed by atoms with Crippen LogP contribution in [0.25, 0.3) is 5.69 Å². The largest absolute Gasteiger partial charge is 0.396 e. The molecule has 4 atom stereocenters. The Balaban J connectivity index is 0.00000112. The zero-order valence-electron chi connectivity index (χ0n) is 15.3. The number of aromatic nitrogens is 2. The standard InChI is InChI=1S/C19H23FN4O2.2ClH/c20-14-2-3-17(24-5-1-4-22-24)13(6-14)8-23-9-16-15(10-25)18-7-21-11-19(16,12-23)26-18;;/h1-6,15-16,18,21,25H,7-12H2;2*1H/t15-,16+,18+,19+;;/m0../s1. The van der Waals surface area contributed by atoms with Gasteiger partial charge >= 0.3 is 0 Å². The Bertz CT molecular complexity index is 809. The van der Waals surface area contributed by atoms with E-state index in [4.69, 9.17) is 4.74 Å². The second kappa shape index (κ2) is 8.26. The zero-order valence-corrected chi connectivity index (χ0v) is 17.0. The molecule has 2 N–H and O–H groups in total. The summed E-state index contributed by atoms with van der Waals surface area (Å²) >= 11 is 0. The molecule has 3 fully saturated rings. The van der Waals surface area contributed by atoms with Gasteiger partial charge in [0.1, 0.15) is 5.82 Å². The van der Waals surface area contributed by atoms with Crippen LogP contribution in [0.2, 0.25) is 0 Å². The number of likely N-dealkylation sites (tertiary alicyclic amines) is 1. The molecular weight excluding hydrogens is 406 g/mol. The van der Waals surface area contributed by atoms with E-state index in [0.717, 1.165) is 37.4 Å². The van der Waals surface area contributed by atoms with Crippen molar-refractivity contribution in [2.24, 2.45) is 11.8 Å². The van der Waals surface area contributed by atoms with E-state index in [2.05, 4.69) is 15.3 Å². The summed E-state index contributed by atoms with van der Waals surface area (Å²) in [6.07, 6.45) is 3.70. The summed E-state index contributed by atoms with van der Waals surface area (Å²) in [5.41, 5.74) is 1.58. The van der Waals surface area contributed by atoms with Crippen LogP contribution in [0.1, 0.15) is 5.56 Å². The van der Waals surface area contributed by atoms with Crippen LogP contribution in [0.4, 0.5) is 4.39 Å². The van der Waals surface area contributed by atoms with E-state index in [9.17, 15) is 9.50 Å². The van der Waals surface area contributed by atoms with Gasteiger partial charge in [-0.2, -0.15) is 5.10 Å². The van der Waals surface area contributed by atoms with Gasteiger partial charge in [0.05, 0.1) is 17.4 Å². The van der Waals surface area contributed by atoms with Gasteiger partial charge in [-0.1, -0.05) is 0 Å². The molecule has 1 aromatic heterocycles. The number of nitrogens with zero attached hydrogens (tertiary/aromatic N) is 3. The second-order valence-corrected chi connectivity index (χ2v) is 7.70. The lowest BCUT2D eigenvalue weighted by Crippen LogP contribution is -2.52. The van der Waals surface area contributed by atoms with Gasteiger partial charge in [-0.15, -0.1) is 24.8 Å². The molecule has 5 rings (SSSR count). The summed E-state index contributed by atoms with van der Waals surface area (Å²) in [5, 5.41) is 17.6. The van der Waals surface area contributed by atoms with Crippen molar-refractivity contribution in [3.63, 3.8) is 0 Å². The Kier molecular flexibility index (Phi) is 6.34. The van der Waals surface area contributed by atoms with Gasteiger partial charge in [0.25, 0.3) is 0 Å². The predicted molar refractivity (Wildman–Crippen MR) is 108 cm³/mol. The first-order valence-electron chi connectivity index (χ1n) is 9.19. The van der Waals surface area contributed by atoms with Crippen molar-refractivity contribution in [2.75, 3.05) is 32.8 Å². The number of hydrogen-bond acceptors (Lipinski definition) is 5. The highest BCUT2D eigenvalue weighted by Crippen LogP contribution is 2.47. The van der Waals surface area contributed by atoms with E-state index < -0.39 is 0 Å². The Morgan fingerprint density at radius 3 is 2.96 bits per heavy atom. The number of morpholine rings is 1. The molecule has 0 aliphatic carbocycles. The number of aliphatic hydroxyl groups excluding tert-OH is 1. The number of ether oxygens (including phenoxy) is 1. The van der Waals surface area contributed by atoms with Crippen LogP contribution in [0.15, 0.2) is 36.7 Å². The summed E-state index contributed by atoms with van der Waals surface area (Å²) in [6.45, 7) is 4.08. The molecular formula is C19H25Cl2FN4O2. The molecule has 3 saturated heterocycles. The molecule has 1 spiro atoms. The Labute approximate surface area is 175 Å². The first kappa shape index (κ1) is 21.5. The minimum absolute atomic E-state index is 0. The number of fused-ring (bicyclic) bond motifs is 1. The molecule has 28 heavy (non-hydrogen) atoms. The molecule has 0 saturated carbocycles. The number of rotatable bonds is 4. The topological polar surface area (TPSA) is 62.5 Å². The number of aliphatic hydroxyl groups is 1. The molecule has 0 unspecified atom stereocenters. The summed E-state index contributed by atoms with van der Waals surface area (Å²) in [7, 11) is 0. The van der Waals surface area contributed by atoms with Crippen molar-refractivity contribution < 1.29 is 14.2 Å². The highest BCUT2D eigenvalue weighted by molar-refractivity contribution is 5.85. The number of nitrogens with one attached hydrogen (secondary N) is 1. The van der Waals surface area contributed by atoms with Crippen LogP contribution in [0.3, 0.4) is 0 Å². The number of hydrogen-bond donors (Lipinski definition) is 2. The van der Waals surface area contributed by atoms with Gasteiger partial charge in [-0.3, -0.25) is 4.90 Å². The highest BCUT2D eigenvalue weighted by Gasteiger charge is 2.60. The Morgan fingerprint density at radius 2 is 2.21 bits per heavy atom. The monoisotopic (exact) mass is 430 g/mol. The van der Waals surface area contributed by atoms with Crippen molar-refractivity contribution in [1.29, 1.82) is 0 Å². The second-order valence-electron chi connectivity index (χ2n) is 7.70. The Hall–Kier alpha value is -1.22. The minimum atomic E-state index is -0.239. The van der Waals surface area contributed by atoms with E-state index in [1.807, 2.05) is 12.3 Å². The van der Waals surface area contributed by atoms with Crippen LogP contribution < -0.4 is 5.32 Å². The molecule has 1 aromatic carbocycles. The summed E-state index contributed by atoms with van der Waals surface area (Å²) in [5.74, 6) is 0.250. The van der Waals surface area contributed by atoms with Crippen molar-refractivity contribution in [3.05, 3.63) is 48.0 Å². The third-order valence-corrected chi connectivity index (χ3v) is 6.17. The van der Waals surface area contributed by atoms with Crippen LogP contribution in [-0.2, 0) is 11.3 Å². The SMILES string of the molecule is Cl.Cl.OC[C@H]1[C@H]2CN(Cc3cc(F)ccc3-n3cccn3)C[C@]23CNC[C@H]1O3. The van der Waals surface area contributed by atoms with E-state index in [0.29, 0.717) is 12.5 Å². The highest BCUT2D eigenvalue weighted by atomic mass is 35.5. The molecule has 3 aliphatic rings. The lowest BCUT2D eigenvalue weighted by molar-refractivity contribution is -0.0746. The maximum Gasteiger partial charge on any atom is 0.123 e. The van der Waals surface area contributed by atoms with Crippen molar-refractivity contribution in [1.82, 2.24) is 20.0 Å². The van der Waals surface area contributed by atoms with Crippen LogP contribution in [-0.4, -0.2) is 64.3 Å². The number of benzene rings is 1. The van der Waals surface area contributed by atoms with Gasteiger partial charge in [0.15, 0.2) is 0 Å². The third-order valence-electron chi connectivity index (χ3n) is 6.17. The van der Waals surface area contributed by atoms with Crippen LogP contribution in [0.5, 0.6) is 0 Å². The van der Waals surface area contributed by atoms with E-state index in [1.54, 1.807) is 23.0 Å². The fraction of sp³-hybridized carbons (Fsp3) is 0.526. The van der Waals surface area contributed by atoms with Crippen molar-refractivity contribution >= 4 is 24.8 Å². The average molecular weight is 431 g/mol. The molecule has 4 heterocycles. The Morgan fingerprint density at radius 1 is 1.36 bits per heavy atom.